The number of nitrogens with zero attached hydrogens (tertiary/aromatic N) is 3. The number of rotatable bonds is 4. The number of furan rings is 1. The molecule has 0 unspecified atom stereocenters. The number of allylic oxidation sites excluding steroid dienone is 1. The van der Waals surface area contributed by atoms with Gasteiger partial charge in [0, 0.05) is 29.2 Å². The highest BCUT2D eigenvalue weighted by Gasteiger charge is 2.12. The fourth-order valence-corrected chi connectivity index (χ4v) is 2.92. The minimum Gasteiger partial charge on any atom is -0.462 e. The van der Waals surface area contributed by atoms with Crippen molar-refractivity contribution in [3.63, 3.8) is 0 Å². The van der Waals surface area contributed by atoms with Gasteiger partial charge in [-0.25, -0.2) is 4.98 Å². The van der Waals surface area contributed by atoms with Gasteiger partial charge in [-0.15, -0.1) is 11.3 Å². The Bertz CT molecular complexity index is 979. The molecule has 6 nitrogen and oxygen atoms in total. The first kappa shape index (κ1) is 15.6. The zero-order chi connectivity index (χ0) is 17.1. The highest BCUT2D eigenvalue weighted by atomic mass is 32.1. The van der Waals surface area contributed by atoms with Gasteiger partial charge in [0.2, 0.25) is 0 Å². The molecule has 3 aromatic rings. The Balaban J connectivity index is 1.95. The highest BCUT2D eigenvalue weighted by molar-refractivity contribution is 7.11. The van der Waals surface area contributed by atoms with E-state index in [9.17, 15) is 15.4 Å². The summed E-state index contributed by atoms with van der Waals surface area (Å²) in [5, 5.41) is 22.5. The molecule has 0 saturated carbocycles. The van der Waals surface area contributed by atoms with Crippen LogP contribution in [0.4, 0.5) is 5.69 Å². The summed E-state index contributed by atoms with van der Waals surface area (Å²) < 4.78 is 5.45. The van der Waals surface area contributed by atoms with Gasteiger partial charge in [-0.3, -0.25) is 10.1 Å². The number of nitro benzene ring substituents is 1. The summed E-state index contributed by atoms with van der Waals surface area (Å²) >= 11 is 1.30. The molecule has 0 spiro atoms. The third-order valence-electron chi connectivity index (χ3n) is 3.26. The topological polar surface area (TPSA) is 93.0 Å². The molecule has 0 saturated heterocycles. The average molecular weight is 337 g/mol. The van der Waals surface area contributed by atoms with Crippen LogP contribution < -0.4 is 0 Å². The van der Waals surface area contributed by atoms with E-state index in [1.54, 1.807) is 29.7 Å². The molecule has 1 aromatic carbocycles. The largest absolute Gasteiger partial charge is 0.462 e. The number of non-ortho nitro benzene ring substituents is 1. The lowest BCUT2D eigenvalue weighted by molar-refractivity contribution is -0.384. The van der Waals surface area contributed by atoms with E-state index < -0.39 is 4.92 Å². The van der Waals surface area contributed by atoms with E-state index in [0.717, 1.165) is 5.76 Å². The van der Waals surface area contributed by atoms with Crippen LogP contribution in [0, 0.1) is 28.4 Å². The molecule has 3 rings (SSSR count). The summed E-state index contributed by atoms with van der Waals surface area (Å²) in [6.07, 6.45) is 1.63. The molecular weight excluding hydrogens is 326 g/mol. The molecule has 0 N–H and O–H groups in total. The molecular formula is C17H11N3O3S. The fourth-order valence-electron chi connectivity index (χ4n) is 2.12. The number of aromatic nitrogens is 1. The second-order valence-corrected chi connectivity index (χ2v) is 5.82. The number of nitro groups is 1. The number of hydrogen-bond acceptors (Lipinski definition) is 6. The third-order valence-corrected chi connectivity index (χ3v) is 4.13. The van der Waals surface area contributed by atoms with Crippen molar-refractivity contribution in [1.29, 1.82) is 5.26 Å². The van der Waals surface area contributed by atoms with E-state index in [0.29, 0.717) is 27.6 Å². The van der Waals surface area contributed by atoms with Gasteiger partial charge in [0.15, 0.2) is 0 Å². The molecule has 24 heavy (non-hydrogen) atoms. The minimum atomic E-state index is -0.448. The quantitative estimate of drug-likeness (QED) is 0.391. The van der Waals surface area contributed by atoms with Crippen LogP contribution in [0.3, 0.4) is 0 Å². The molecule has 2 aromatic heterocycles. The molecule has 0 amide bonds. The molecule has 7 heteroatoms. The van der Waals surface area contributed by atoms with Crippen molar-refractivity contribution >= 4 is 28.7 Å². The Hall–Kier alpha value is -3.24. The Labute approximate surface area is 141 Å². The van der Waals surface area contributed by atoms with Gasteiger partial charge < -0.3 is 4.42 Å². The van der Waals surface area contributed by atoms with E-state index in [4.69, 9.17) is 4.42 Å². The first-order chi connectivity index (χ1) is 11.6. The molecule has 0 aliphatic rings. The molecule has 2 heterocycles. The normalized spacial score (nSPS) is 11.2. The van der Waals surface area contributed by atoms with Crippen LogP contribution in [-0.4, -0.2) is 9.91 Å². The molecule has 118 valence electrons. The average Bonchev–Trinajstić information content (AvgIpc) is 3.22. The second kappa shape index (κ2) is 6.48. The summed E-state index contributed by atoms with van der Waals surface area (Å²) in [7, 11) is 0. The third kappa shape index (κ3) is 3.24. The van der Waals surface area contributed by atoms with Crippen LogP contribution in [0.5, 0.6) is 0 Å². The monoisotopic (exact) mass is 337 g/mol. The summed E-state index contributed by atoms with van der Waals surface area (Å²) in [5.41, 5.74) is 1.61. The highest BCUT2D eigenvalue weighted by Crippen LogP contribution is 2.29. The van der Waals surface area contributed by atoms with Gasteiger partial charge in [-0.2, -0.15) is 5.26 Å². The van der Waals surface area contributed by atoms with Gasteiger partial charge >= 0.3 is 0 Å². The number of hydrogen-bond donors (Lipinski definition) is 0. The summed E-state index contributed by atoms with van der Waals surface area (Å²) in [5.74, 6) is 1.34. The lowest BCUT2D eigenvalue weighted by Crippen LogP contribution is -1.88. The van der Waals surface area contributed by atoms with Crippen LogP contribution in [0.15, 0.2) is 46.2 Å². The second-order valence-electron chi connectivity index (χ2n) is 4.96. The Morgan fingerprint density at radius 1 is 1.42 bits per heavy atom. The standard InChI is InChI=1S/C17H11N3O3S/c1-11-5-6-15(23-11)8-13(9-18)17-19-16(10-24-17)12-3-2-4-14(7-12)20(21)22/h2-8,10H,1H3. The number of nitriles is 1. The number of thiazole rings is 1. The van der Waals surface area contributed by atoms with E-state index >= 15 is 0 Å². The number of benzene rings is 1. The van der Waals surface area contributed by atoms with Crippen LogP contribution >= 0.6 is 11.3 Å². The summed E-state index contributed by atoms with van der Waals surface area (Å²) in [6, 6.07) is 12.0. The van der Waals surface area contributed by atoms with Crippen LogP contribution in [0.1, 0.15) is 16.5 Å². The molecule has 0 atom stereocenters. The van der Waals surface area contributed by atoms with Gasteiger partial charge in [0.1, 0.15) is 22.6 Å². The van der Waals surface area contributed by atoms with Gasteiger partial charge in [-0.1, -0.05) is 12.1 Å². The maximum absolute atomic E-state index is 10.9. The summed E-state index contributed by atoms with van der Waals surface area (Å²) in [4.78, 5) is 14.8. The summed E-state index contributed by atoms with van der Waals surface area (Å²) in [6.45, 7) is 1.83. The fraction of sp³-hybridized carbons (Fsp3) is 0.0588. The predicted octanol–water partition coefficient (Wildman–Crippen LogP) is 4.68. The Kier molecular flexibility index (Phi) is 4.22. The van der Waals surface area contributed by atoms with Gasteiger partial charge in [0.05, 0.1) is 16.2 Å². The van der Waals surface area contributed by atoms with Crippen LogP contribution in [0.2, 0.25) is 0 Å². The van der Waals surface area contributed by atoms with Crippen molar-refractivity contribution in [3.8, 4) is 17.3 Å². The lowest BCUT2D eigenvalue weighted by atomic mass is 10.1. The zero-order valence-corrected chi connectivity index (χ0v) is 13.4. The molecule has 0 radical (unpaired) electrons. The Morgan fingerprint density at radius 3 is 2.92 bits per heavy atom. The van der Waals surface area contributed by atoms with Gasteiger partial charge in [-0.05, 0) is 19.1 Å². The van der Waals surface area contributed by atoms with E-state index in [1.807, 2.05) is 13.0 Å². The van der Waals surface area contributed by atoms with Crippen molar-refractivity contribution in [1.82, 2.24) is 4.98 Å². The van der Waals surface area contributed by atoms with Crippen molar-refractivity contribution < 1.29 is 9.34 Å². The van der Waals surface area contributed by atoms with Crippen molar-refractivity contribution in [3.05, 3.63) is 68.4 Å². The first-order valence-corrected chi connectivity index (χ1v) is 7.84. The predicted molar refractivity (Wildman–Crippen MR) is 91.1 cm³/mol. The van der Waals surface area contributed by atoms with E-state index in [-0.39, 0.29) is 5.69 Å². The Morgan fingerprint density at radius 2 is 2.25 bits per heavy atom. The SMILES string of the molecule is Cc1ccc(C=C(C#N)c2nc(-c3cccc([N+](=O)[O-])c3)cs2)o1. The zero-order valence-electron chi connectivity index (χ0n) is 12.6. The maximum Gasteiger partial charge on any atom is 0.270 e. The van der Waals surface area contributed by atoms with E-state index in [1.165, 1.54) is 23.5 Å². The number of aryl methyl sites for hydroxylation is 1. The molecule has 0 bridgehead atoms. The van der Waals surface area contributed by atoms with Crippen LogP contribution in [0.25, 0.3) is 22.9 Å². The van der Waals surface area contributed by atoms with Crippen molar-refractivity contribution in [2.75, 3.05) is 0 Å². The molecule has 0 aliphatic heterocycles. The smallest absolute Gasteiger partial charge is 0.270 e. The first-order valence-electron chi connectivity index (χ1n) is 6.96. The lowest BCUT2D eigenvalue weighted by Gasteiger charge is -1.97. The maximum atomic E-state index is 10.9. The van der Waals surface area contributed by atoms with Crippen molar-refractivity contribution in [2.45, 2.75) is 6.92 Å². The van der Waals surface area contributed by atoms with Crippen LogP contribution in [-0.2, 0) is 0 Å². The minimum absolute atomic E-state index is 0.00385. The molecule has 0 aliphatic carbocycles. The molecule has 0 fully saturated rings. The van der Waals surface area contributed by atoms with Crippen molar-refractivity contribution in [2.24, 2.45) is 0 Å². The van der Waals surface area contributed by atoms with E-state index in [2.05, 4.69) is 11.1 Å². The van der Waals surface area contributed by atoms with Gasteiger partial charge in [0.25, 0.3) is 5.69 Å².